The molecule has 1 aromatic heterocycles. The van der Waals surface area contributed by atoms with Gasteiger partial charge in [0.1, 0.15) is 11.3 Å². The van der Waals surface area contributed by atoms with Crippen molar-refractivity contribution in [1.29, 1.82) is 0 Å². The molecular formula is C18H15NO5S2. The maximum atomic E-state index is 12.6. The Morgan fingerprint density at radius 2 is 1.92 bits per heavy atom. The van der Waals surface area contributed by atoms with Gasteiger partial charge in [0.15, 0.2) is 9.84 Å². The minimum Gasteiger partial charge on any atom is -0.495 e. The van der Waals surface area contributed by atoms with Gasteiger partial charge < -0.3 is 9.84 Å². The van der Waals surface area contributed by atoms with Crippen LogP contribution < -0.4 is 4.74 Å². The van der Waals surface area contributed by atoms with E-state index >= 15 is 0 Å². The molecule has 0 saturated heterocycles. The van der Waals surface area contributed by atoms with Gasteiger partial charge in [0.05, 0.1) is 28.1 Å². The Hall–Kier alpha value is -2.71. The van der Waals surface area contributed by atoms with Crippen LogP contribution in [0.1, 0.15) is 15.9 Å². The van der Waals surface area contributed by atoms with Gasteiger partial charge >= 0.3 is 5.97 Å². The molecule has 0 aliphatic rings. The second kappa shape index (κ2) is 7.27. The van der Waals surface area contributed by atoms with E-state index in [1.807, 2.05) is 0 Å². The van der Waals surface area contributed by atoms with Gasteiger partial charge in [-0.3, -0.25) is 4.98 Å². The van der Waals surface area contributed by atoms with Crippen LogP contribution in [0.25, 0.3) is 10.4 Å². The first-order valence-electron chi connectivity index (χ1n) is 7.54. The third kappa shape index (κ3) is 3.47. The number of sulfone groups is 1. The van der Waals surface area contributed by atoms with Crippen molar-refractivity contribution in [2.24, 2.45) is 0 Å². The zero-order chi connectivity index (χ0) is 18.7. The molecule has 0 amide bonds. The number of thiazole rings is 1. The summed E-state index contributed by atoms with van der Waals surface area (Å²) >= 11 is 1.34. The Bertz CT molecular complexity index is 1030. The molecule has 3 aromatic rings. The number of carboxylic acids is 1. The molecule has 0 aliphatic heterocycles. The van der Waals surface area contributed by atoms with Gasteiger partial charge in [0.2, 0.25) is 0 Å². The molecule has 0 radical (unpaired) electrons. The van der Waals surface area contributed by atoms with E-state index in [0.717, 1.165) is 4.88 Å². The predicted molar refractivity (Wildman–Crippen MR) is 98.4 cm³/mol. The van der Waals surface area contributed by atoms with Crippen molar-refractivity contribution in [1.82, 2.24) is 4.98 Å². The average molecular weight is 389 g/mol. The largest absolute Gasteiger partial charge is 0.495 e. The molecule has 0 fully saturated rings. The van der Waals surface area contributed by atoms with Crippen LogP contribution in [0.15, 0.2) is 59.1 Å². The smallest absolute Gasteiger partial charge is 0.339 e. The molecule has 0 atom stereocenters. The van der Waals surface area contributed by atoms with Crippen molar-refractivity contribution >= 4 is 27.1 Å². The number of ether oxygens (including phenoxy) is 1. The van der Waals surface area contributed by atoms with Crippen LogP contribution >= 0.6 is 11.3 Å². The minimum atomic E-state index is -3.69. The molecule has 0 spiro atoms. The fourth-order valence-corrected chi connectivity index (χ4v) is 4.68. The molecule has 134 valence electrons. The summed E-state index contributed by atoms with van der Waals surface area (Å²) in [7, 11) is -2.33. The van der Waals surface area contributed by atoms with Crippen LogP contribution in [0.5, 0.6) is 5.75 Å². The van der Waals surface area contributed by atoms with Gasteiger partial charge in [-0.05, 0) is 23.8 Å². The number of methoxy groups -OCH3 is 1. The average Bonchev–Trinajstić information content (AvgIpc) is 3.15. The summed E-state index contributed by atoms with van der Waals surface area (Å²) in [5, 5.41) is 9.68. The van der Waals surface area contributed by atoms with Crippen LogP contribution in [0, 0.1) is 0 Å². The van der Waals surface area contributed by atoms with Crippen molar-refractivity contribution in [3.05, 3.63) is 65.3 Å². The van der Waals surface area contributed by atoms with Crippen LogP contribution in [0.3, 0.4) is 0 Å². The van der Waals surface area contributed by atoms with E-state index in [9.17, 15) is 18.3 Å². The van der Waals surface area contributed by atoms with Gasteiger partial charge in [-0.25, -0.2) is 13.2 Å². The van der Waals surface area contributed by atoms with Crippen molar-refractivity contribution in [3.8, 4) is 16.2 Å². The second-order valence-corrected chi connectivity index (χ2v) is 8.30. The van der Waals surface area contributed by atoms with E-state index in [1.54, 1.807) is 36.0 Å². The summed E-state index contributed by atoms with van der Waals surface area (Å²) in [6.45, 7) is 0. The fraction of sp³-hybridized carbons (Fsp3) is 0.111. The molecule has 2 aromatic carbocycles. The molecule has 6 nitrogen and oxygen atoms in total. The Morgan fingerprint density at radius 1 is 1.19 bits per heavy atom. The second-order valence-electron chi connectivity index (χ2n) is 5.42. The number of carbonyl (C=O) groups is 1. The van der Waals surface area contributed by atoms with Crippen LogP contribution in [-0.4, -0.2) is 31.6 Å². The number of rotatable bonds is 6. The van der Waals surface area contributed by atoms with Gasteiger partial charge in [-0.2, -0.15) is 0 Å². The highest BCUT2D eigenvalue weighted by Crippen LogP contribution is 2.37. The Morgan fingerprint density at radius 3 is 2.50 bits per heavy atom. The van der Waals surface area contributed by atoms with E-state index in [-0.39, 0.29) is 21.8 Å². The summed E-state index contributed by atoms with van der Waals surface area (Å²) in [5.41, 5.74) is 2.21. The highest BCUT2D eigenvalue weighted by Gasteiger charge is 2.25. The lowest BCUT2D eigenvalue weighted by Crippen LogP contribution is -2.11. The van der Waals surface area contributed by atoms with Gasteiger partial charge in [0, 0.05) is 11.8 Å². The lowest BCUT2D eigenvalue weighted by atomic mass is 10.0. The molecule has 8 heteroatoms. The third-order valence-corrected chi connectivity index (χ3v) is 6.30. The first-order chi connectivity index (χ1) is 12.4. The van der Waals surface area contributed by atoms with E-state index in [4.69, 9.17) is 4.74 Å². The van der Waals surface area contributed by atoms with Crippen molar-refractivity contribution in [2.45, 2.75) is 10.6 Å². The lowest BCUT2D eigenvalue weighted by molar-refractivity contribution is 0.0692. The fourth-order valence-electron chi connectivity index (χ4n) is 2.65. The summed E-state index contributed by atoms with van der Waals surface area (Å²) in [6, 6.07) is 11.1. The molecule has 0 bridgehead atoms. The predicted octanol–water partition coefficient (Wildman–Crippen LogP) is 3.49. The number of aromatic carboxylic acids is 1. The Kier molecular flexibility index (Phi) is 5.06. The zero-order valence-electron chi connectivity index (χ0n) is 13.7. The first kappa shape index (κ1) is 18.1. The normalized spacial score (nSPS) is 11.3. The van der Waals surface area contributed by atoms with E-state index in [2.05, 4.69) is 4.98 Å². The SMILES string of the molecule is COc1c(-c2cncs2)ccc(CS(=O)(=O)c2ccccc2)c1C(=O)O. The monoisotopic (exact) mass is 389 g/mol. The number of hydrogen-bond donors (Lipinski definition) is 1. The minimum absolute atomic E-state index is 0.127. The van der Waals surface area contributed by atoms with Crippen molar-refractivity contribution < 1.29 is 23.1 Å². The molecule has 0 unspecified atom stereocenters. The van der Waals surface area contributed by atoms with E-state index in [1.165, 1.54) is 36.6 Å². The van der Waals surface area contributed by atoms with E-state index in [0.29, 0.717) is 5.56 Å². The van der Waals surface area contributed by atoms with Crippen molar-refractivity contribution in [3.63, 3.8) is 0 Å². The van der Waals surface area contributed by atoms with Crippen LogP contribution in [-0.2, 0) is 15.6 Å². The van der Waals surface area contributed by atoms with Crippen LogP contribution in [0.2, 0.25) is 0 Å². The number of benzene rings is 2. The quantitative estimate of drug-likeness (QED) is 0.694. The lowest BCUT2D eigenvalue weighted by Gasteiger charge is -2.14. The summed E-state index contributed by atoms with van der Waals surface area (Å²) in [4.78, 5) is 16.7. The standard InChI is InChI=1S/C18H15NO5S2/c1-24-17-14(15-9-19-11-25-15)8-7-12(16(17)18(20)21)10-26(22,23)13-5-3-2-4-6-13/h2-9,11H,10H2,1H3,(H,20,21). The maximum absolute atomic E-state index is 12.6. The zero-order valence-corrected chi connectivity index (χ0v) is 15.4. The number of carboxylic acid groups (broad SMARTS) is 1. The number of hydrogen-bond acceptors (Lipinski definition) is 6. The molecule has 0 saturated carbocycles. The van der Waals surface area contributed by atoms with Gasteiger partial charge in [0.25, 0.3) is 0 Å². The highest BCUT2D eigenvalue weighted by molar-refractivity contribution is 7.90. The molecule has 1 heterocycles. The van der Waals surface area contributed by atoms with Gasteiger partial charge in [-0.15, -0.1) is 11.3 Å². The van der Waals surface area contributed by atoms with E-state index < -0.39 is 21.6 Å². The summed E-state index contributed by atoms with van der Waals surface area (Å²) < 4.78 is 30.6. The summed E-state index contributed by atoms with van der Waals surface area (Å²) in [5.74, 6) is -1.55. The third-order valence-electron chi connectivity index (χ3n) is 3.81. The van der Waals surface area contributed by atoms with Crippen molar-refractivity contribution in [2.75, 3.05) is 7.11 Å². The highest BCUT2D eigenvalue weighted by atomic mass is 32.2. The molecule has 26 heavy (non-hydrogen) atoms. The molecule has 3 rings (SSSR count). The molecule has 1 N–H and O–H groups in total. The Labute approximate surface area is 154 Å². The topological polar surface area (TPSA) is 93.6 Å². The maximum Gasteiger partial charge on any atom is 0.339 e. The molecule has 0 aliphatic carbocycles. The first-order valence-corrected chi connectivity index (χ1v) is 10.1. The van der Waals surface area contributed by atoms with Gasteiger partial charge in [-0.1, -0.05) is 24.3 Å². The number of aromatic nitrogens is 1. The van der Waals surface area contributed by atoms with Crippen LogP contribution in [0.4, 0.5) is 0 Å². The summed E-state index contributed by atoms with van der Waals surface area (Å²) in [6.07, 6.45) is 1.61. The molecular weight excluding hydrogens is 374 g/mol. The number of nitrogens with zero attached hydrogens (tertiary/aromatic N) is 1. The Balaban J connectivity index is 2.12.